The molecule has 0 spiro atoms. The normalized spacial score (nSPS) is 34.9. The Balaban J connectivity index is 2.15. The second kappa shape index (κ2) is 12.1. The Morgan fingerprint density at radius 1 is 1.05 bits per heavy atom. The van der Waals surface area contributed by atoms with Gasteiger partial charge in [0, 0.05) is 18.9 Å². The third-order valence-corrected chi connectivity index (χ3v) is 8.58. The maximum absolute atomic E-state index is 13.6. The van der Waals surface area contributed by atoms with E-state index in [1.807, 2.05) is 0 Å². The average Bonchev–Trinajstić information content (AvgIpc) is 3.22. The summed E-state index contributed by atoms with van der Waals surface area (Å²) in [6, 6.07) is 0. The van der Waals surface area contributed by atoms with Crippen molar-refractivity contribution >= 4 is 29.7 Å². The maximum Gasteiger partial charge on any atom is 0.342 e. The summed E-state index contributed by atoms with van der Waals surface area (Å²) in [5, 5.41) is 22.7. The monoisotopic (exact) mass is 578 g/mol. The average molecular weight is 579 g/mol. The van der Waals surface area contributed by atoms with E-state index in [0.717, 1.165) is 39.5 Å². The van der Waals surface area contributed by atoms with Gasteiger partial charge in [0.05, 0.1) is 12.3 Å². The molecule has 1 heterocycles. The molecule has 0 unspecified atom stereocenters. The number of hydrogen-bond acceptors (Lipinski definition) is 11. The number of hydrogen-bond donors (Lipinski definition) is 2. The molecule has 41 heavy (non-hydrogen) atoms. The zero-order valence-electron chi connectivity index (χ0n) is 24.9. The van der Waals surface area contributed by atoms with Gasteiger partial charge in [-0.25, -0.2) is 9.59 Å². The zero-order chi connectivity index (χ0) is 30.9. The van der Waals surface area contributed by atoms with Gasteiger partial charge in [-0.15, -0.1) is 0 Å². The zero-order valence-corrected chi connectivity index (χ0v) is 24.9. The van der Waals surface area contributed by atoms with Gasteiger partial charge >= 0.3 is 23.9 Å². The van der Waals surface area contributed by atoms with Crippen LogP contribution in [0.1, 0.15) is 93.4 Å². The minimum Gasteiger partial charge on any atom is -0.458 e. The van der Waals surface area contributed by atoms with Gasteiger partial charge < -0.3 is 29.2 Å². The highest BCUT2D eigenvalue weighted by Crippen LogP contribution is 2.55. The molecular formula is C30H42O11. The smallest absolute Gasteiger partial charge is 0.342 e. The highest BCUT2D eigenvalue weighted by Gasteiger charge is 2.75. The molecule has 228 valence electrons. The van der Waals surface area contributed by atoms with Crippen LogP contribution < -0.4 is 0 Å². The predicted octanol–water partition coefficient (Wildman–Crippen LogP) is 2.79. The molecule has 2 fully saturated rings. The number of unbranched alkanes of at least 4 members (excludes halogenated alkanes) is 4. The summed E-state index contributed by atoms with van der Waals surface area (Å²) >= 11 is 0. The Morgan fingerprint density at radius 3 is 2.27 bits per heavy atom. The molecule has 0 amide bonds. The number of ketones is 1. The summed E-state index contributed by atoms with van der Waals surface area (Å²) in [7, 11) is 0. The van der Waals surface area contributed by atoms with Gasteiger partial charge in [0.1, 0.15) is 5.60 Å². The summed E-state index contributed by atoms with van der Waals surface area (Å²) in [4.78, 5) is 64.7. The molecule has 0 radical (unpaired) electrons. The lowest BCUT2D eigenvalue weighted by atomic mass is 9.76. The number of allylic oxidation sites excluding steroid dienone is 1. The van der Waals surface area contributed by atoms with Crippen molar-refractivity contribution in [2.45, 2.75) is 129 Å². The van der Waals surface area contributed by atoms with E-state index in [1.54, 1.807) is 19.9 Å². The Kier molecular flexibility index (Phi) is 9.54. The lowest BCUT2D eigenvalue weighted by Gasteiger charge is -2.38. The van der Waals surface area contributed by atoms with Crippen LogP contribution in [0.3, 0.4) is 0 Å². The van der Waals surface area contributed by atoms with Crippen molar-refractivity contribution in [3.05, 3.63) is 22.8 Å². The van der Waals surface area contributed by atoms with Gasteiger partial charge in [0.25, 0.3) is 0 Å². The van der Waals surface area contributed by atoms with Crippen molar-refractivity contribution in [3.8, 4) is 0 Å². The van der Waals surface area contributed by atoms with Gasteiger partial charge in [-0.3, -0.25) is 14.4 Å². The molecule has 0 aromatic heterocycles. The second-order valence-corrected chi connectivity index (χ2v) is 11.7. The largest absolute Gasteiger partial charge is 0.458 e. The fourth-order valence-corrected chi connectivity index (χ4v) is 6.16. The first-order valence-electron chi connectivity index (χ1n) is 14.2. The molecule has 0 bridgehead atoms. The van der Waals surface area contributed by atoms with Crippen molar-refractivity contribution in [3.63, 3.8) is 0 Å². The third kappa shape index (κ3) is 5.70. The molecule has 0 aromatic rings. The molecule has 1 saturated heterocycles. The number of aliphatic hydroxyl groups is 2. The van der Waals surface area contributed by atoms with Gasteiger partial charge in [0.2, 0.25) is 5.60 Å². The number of fused-ring (bicyclic) bond motifs is 3. The van der Waals surface area contributed by atoms with Crippen LogP contribution in [0.15, 0.2) is 22.8 Å². The van der Waals surface area contributed by atoms with Crippen LogP contribution in [0.4, 0.5) is 0 Å². The van der Waals surface area contributed by atoms with E-state index in [4.69, 9.17) is 18.9 Å². The number of Topliss-reactive ketones (excluding diaryl/α,β-unsaturated/α-hetero) is 1. The van der Waals surface area contributed by atoms with Gasteiger partial charge in [-0.1, -0.05) is 38.7 Å². The Hall–Kier alpha value is -3.05. The Labute approximate surface area is 240 Å². The molecule has 2 aliphatic carbocycles. The molecule has 2 N–H and O–H groups in total. The van der Waals surface area contributed by atoms with Gasteiger partial charge in [-0.05, 0) is 52.2 Å². The van der Waals surface area contributed by atoms with Gasteiger partial charge in [-0.2, -0.15) is 0 Å². The van der Waals surface area contributed by atoms with Crippen LogP contribution in [0.2, 0.25) is 0 Å². The van der Waals surface area contributed by atoms with E-state index in [1.165, 1.54) is 13.8 Å². The number of esters is 4. The number of carbonyl (C=O) groups excluding carboxylic acids is 5. The fraction of sp³-hybridized carbons (Fsp3) is 0.700. The molecule has 11 nitrogen and oxygen atoms in total. The second-order valence-electron chi connectivity index (χ2n) is 11.7. The van der Waals surface area contributed by atoms with E-state index in [2.05, 4.69) is 6.92 Å². The first kappa shape index (κ1) is 32.5. The quantitative estimate of drug-likeness (QED) is 0.129. The number of ether oxygens (including phenoxy) is 4. The van der Waals surface area contributed by atoms with Gasteiger partial charge in [0.15, 0.2) is 29.7 Å². The van der Waals surface area contributed by atoms with E-state index < -0.39 is 77.1 Å². The number of carbonyl (C=O) groups is 5. The first-order chi connectivity index (χ1) is 19.1. The van der Waals surface area contributed by atoms with Crippen molar-refractivity contribution in [2.24, 2.45) is 5.92 Å². The molecule has 3 aliphatic rings. The van der Waals surface area contributed by atoms with Crippen molar-refractivity contribution in [2.75, 3.05) is 0 Å². The number of rotatable bonds is 10. The minimum absolute atomic E-state index is 0.0795. The summed E-state index contributed by atoms with van der Waals surface area (Å²) < 4.78 is 22.9. The van der Waals surface area contributed by atoms with E-state index in [-0.39, 0.29) is 23.1 Å². The minimum atomic E-state index is -2.75. The molecule has 3 rings (SSSR count). The lowest BCUT2D eigenvalue weighted by molar-refractivity contribution is -0.183. The summed E-state index contributed by atoms with van der Waals surface area (Å²) in [6.45, 7) is 10.4. The van der Waals surface area contributed by atoms with E-state index in [9.17, 15) is 34.2 Å². The van der Waals surface area contributed by atoms with Crippen LogP contribution >= 0.6 is 0 Å². The van der Waals surface area contributed by atoms with Crippen LogP contribution in [0.25, 0.3) is 0 Å². The topological polar surface area (TPSA) is 163 Å². The summed E-state index contributed by atoms with van der Waals surface area (Å²) in [6.07, 6.45) is 1.19. The molecule has 1 saturated carbocycles. The van der Waals surface area contributed by atoms with E-state index >= 15 is 0 Å². The van der Waals surface area contributed by atoms with Crippen LogP contribution in [-0.2, 0) is 42.9 Å². The van der Waals surface area contributed by atoms with E-state index in [0.29, 0.717) is 6.42 Å². The Bertz CT molecular complexity index is 1160. The maximum atomic E-state index is 13.6. The van der Waals surface area contributed by atoms with Crippen LogP contribution in [0, 0.1) is 5.92 Å². The van der Waals surface area contributed by atoms with Crippen molar-refractivity contribution < 1.29 is 53.1 Å². The predicted molar refractivity (Wildman–Crippen MR) is 144 cm³/mol. The SMILES string of the molecule is C/C=C(/C)C(=O)O[C@H]1C(C)=C2[C@H]([C@@H]1OC(=O)CCCCCCC)[C@@](C)(OC(C)=O)CC(=O)[C@@]1(O)[C@H]2OC(=O)[C@@]1(C)O. The van der Waals surface area contributed by atoms with Crippen LogP contribution in [0.5, 0.6) is 0 Å². The highest BCUT2D eigenvalue weighted by molar-refractivity contribution is 6.01. The van der Waals surface area contributed by atoms with Crippen molar-refractivity contribution in [1.82, 2.24) is 0 Å². The molecule has 11 heteroatoms. The fourth-order valence-electron chi connectivity index (χ4n) is 6.16. The summed E-state index contributed by atoms with van der Waals surface area (Å²) in [5.74, 6) is -5.42. The highest BCUT2D eigenvalue weighted by atomic mass is 16.6. The molecular weight excluding hydrogens is 536 g/mol. The third-order valence-electron chi connectivity index (χ3n) is 8.58. The summed E-state index contributed by atoms with van der Waals surface area (Å²) in [5.41, 5.74) is -6.50. The standard InChI is InChI=1S/C30H42O11/c1-8-10-11-12-13-14-20(33)38-24-22-21(17(4)23(24)39-26(34)16(3)9-2)25-30(37,29(7,36)27(35)40-25)19(32)15-28(22,6)41-18(5)31/h9,22-25,36-37H,8,10-15H2,1-7H3/b16-9-/t22-,23+,24+,25+,28+,29-,30-/m1/s1. The molecule has 7 atom stereocenters. The van der Waals surface area contributed by atoms with Crippen molar-refractivity contribution in [1.29, 1.82) is 0 Å². The Morgan fingerprint density at radius 2 is 1.68 bits per heavy atom. The molecule has 1 aliphatic heterocycles. The van der Waals surface area contributed by atoms with Crippen LogP contribution in [-0.4, -0.2) is 75.0 Å². The first-order valence-corrected chi connectivity index (χ1v) is 14.2. The lowest BCUT2D eigenvalue weighted by Crippen LogP contribution is -2.61. The molecule has 0 aromatic carbocycles.